The highest BCUT2D eigenvalue weighted by molar-refractivity contribution is 5.76. The van der Waals surface area contributed by atoms with Crippen LogP contribution in [-0.4, -0.2) is 49.8 Å². The topological polar surface area (TPSA) is 38.8 Å². The second kappa shape index (κ2) is 8.14. The second-order valence-electron chi connectivity index (χ2n) is 6.81. The van der Waals surface area contributed by atoms with Gasteiger partial charge in [-0.05, 0) is 37.5 Å². The molecule has 2 atom stereocenters. The van der Waals surface area contributed by atoms with Crippen LogP contribution in [0.25, 0.3) is 0 Å². The van der Waals surface area contributed by atoms with Gasteiger partial charge in [0.15, 0.2) is 0 Å². The second-order valence-corrected chi connectivity index (χ2v) is 6.81. The zero-order valence-corrected chi connectivity index (χ0v) is 13.8. The van der Waals surface area contributed by atoms with E-state index in [0.717, 1.165) is 26.1 Å². The standard InChI is InChI=1S/C17H31NO3/c1-13-5-4-6-14(2)17(13)18(3)16(19)9-12-21-15-7-10-20-11-8-15/h13-15,17H,4-12H2,1-3H3/t13-,14-/m1/s1. The number of amides is 1. The van der Waals surface area contributed by atoms with Crippen LogP contribution in [0, 0.1) is 11.8 Å². The maximum Gasteiger partial charge on any atom is 0.224 e. The van der Waals surface area contributed by atoms with Gasteiger partial charge in [-0.3, -0.25) is 4.79 Å². The molecule has 2 fully saturated rings. The molecule has 0 spiro atoms. The first-order valence-corrected chi connectivity index (χ1v) is 8.54. The smallest absolute Gasteiger partial charge is 0.224 e. The van der Waals surface area contributed by atoms with Gasteiger partial charge in [0.2, 0.25) is 5.91 Å². The Morgan fingerprint density at radius 1 is 1.14 bits per heavy atom. The molecule has 0 bridgehead atoms. The van der Waals surface area contributed by atoms with Crippen LogP contribution < -0.4 is 0 Å². The monoisotopic (exact) mass is 297 g/mol. The minimum Gasteiger partial charge on any atom is -0.381 e. The van der Waals surface area contributed by atoms with Gasteiger partial charge in [-0.25, -0.2) is 0 Å². The van der Waals surface area contributed by atoms with Gasteiger partial charge < -0.3 is 14.4 Å². The van der Waals surface area contributed by atoms with Gasteiger partial charge in [0.1, 0.15) is 0 Å². The Bertz CT molecular complexity index is 318. The van der Waals surface area contributed by atoms with E-state index in [1.165, 1.54) is 19.3 Å². The summed E-state index contributed by atoms with van der Waals surface area (Å²) in [6.07, 6.45) is 6.49. The van der Waals surface area contributed by atoms with Crippen LogP contribution >= 0.6 is 0 Å². The Hall–Kier alpha value is -0.610. The van der Waals surface area contributed by atoms with Crippen LogP contribution in [0.15, 0.2) is 0 Å². The summed E-state index contributed by atoms with van der Waals surface area (Å²) in [4.78, 5) is 14.4. The Morgan fingerprint density at radius 3 is 2.38 bits per heavy atom. The molecule has 0 radical (unpaired) electrons. The lowest BCUT2D eigenvalue weighted by Gasteiger charge is -2.41. The highest BCUT2D eigenvalue weighted by Crippen LogP contribution is 2.32. The first-order chi connectivity index (χ1) is 10.1. The lowest BCUT2D eigenvalue weighted by Crippen LogP contribution is -2.47. The summed E-state index contributed by atoms with van der Waals surface area (Å²) in [5.74, 6) is 1.45. The van der Waals surface area contributed by atoms with Crippen molar-refractivity contribution in [3.05, 3.63) is 0 Å². The molecule has 21 heavy (non-hydrogen) atoms. The molecule has 1 aliphatic carbocycles. The Morgan fingerprint density at radius 2 is 1.76 bits per heavy atom. The third kappa shape index (κ3) is 4.68. The van der Waals surface area contributed by atoms with E-state index in [2.05, 4.69) is 13.8 Å². The minimum atomic E-state index is 0.229. The molecule has 122 valence electrons. The molecule has 1 aliphatic heterocycles. The molecule has 0 N–H and O–H groups in total. The van der Waals surface area contributed by atoms with E-state index in [1.807, 2.05) is 11.9 Å². The fourth-order valence-corrected chi connectivity index (χ4v) is 3.93. The van der Waals surface area contributed by atoms with Gasteiger partial charge in [-0.15, -0.1) is 0 Å². The van der Waals surface area contributed by atoms with Gasteiger partial charge >= 0.3 is 0 Å². The van der Waals surface area contributed by atoms with E-state index in [1.54, 1.807) is 0 Å². The molecule has 0 unspecified atom stereocenters. The number of hydrogen-bond acceptors (Lipinski definition) is 3. The maximum atomic E-state index is 12.4. The van der Waals surface area contributed by atoms with Crippen LogP contribution in [0.4, 0.5) is 0 Å². The van der Waals surface area contributed by atoms with Crippen molar-refractivity contribution >= 4 is 5.91 Å². The lowest BCUT2D eigenvalue weighted by molar-refractivity contribution is -0.137. The van der Waals surface area contributed by atoms with Crippen LogP contribution in [0.2, 0.25) is 0 Å². The highest BCUT2D eigenvalue weighted by atomic mass is 16.5. The van der Waals surface area contributed by atoms with Crippen molar-refractivity contribution in [1.29, 1.82) is 0 Å². The molecule has 2 rings (SSSR count). The Kier molecular flexibility index (Phi) is 6.49. The van der Waals surface area contributed by atoms with Crippen molar-refractivity contribution in [2.24, 2.45) is 11.8 Å². The summed E-state index contributed by atoms with van der Waals surface area (Å²) >= 11 is 0. The number of carbonyl (C=O) groups excluding carboxylic acids is 1. The summed E-state index contributed by atoms with van der Waals surface area (Å²) in [6.45, 7) is 6.68. The maximum absolute atomic E-state index is 12.4. The van der Waals surface area contributed by atoms with Crippen molar-refractivity contribution in [1.82, 2.24) is 4.90 Å². The molecule has 1 heterocycles. The average Bonchev–Trinajstić information content (AvgIpc) is 2.48. The van der Waals surface area contributed by atoms with Crippen LogP contribution in [0.5, 0.6) is 0 Å². The van der Waals surface area contributed by atoms with Crippen molar-refractivity contribution in [2.75, 3.05) is 26.9 Å². The molecule has 4 nitrogen and oxygen atoms in total. The van der Waals surface area contributed by atoms with Crippen LogP contribution in [0.1, 0.15) is 52.4 Å². The molecular weight excluding hydrogens is 266 g/mol. The number of nitrogens with zero attached hydrogens (tertiary/aromatic N) is 1. The Labute approximate surface area is 129 Å². The molecule has 4 heteroatoms. The number of rotatable bonds is 5. The minimum absolute atomic E-state index is 0.229. The van der Waals surface area contributed by atoms with Crippen molar-refractivity contribution < 1.29 is 14.3 Å². The molecule has 0 aromatic carbocycles. The van der Waals surface area contributed by atoms with E-state index >= 15 is 0 Å². The van der Waals surface area contributed by atoms with E-state index in [4.69, 9.17) is 9.47 Å². The van der Waals surface area contributed by atoms with Crippen LogP contribution in [0.3, 0.4) is 0 Å². The summed E-state index contributed by atoms with van der Waals surface area (Å²) in [7, 11) is 1.97. The average molecular weight is 297 g/mol. The van der Waals surface area contributed by atoms with Gasteiger partial charge in [0.25, 0.3) is 0 Å². The zero-order valence-electron chi connectivity index (χ0n) is 13.8. The first kappa shape index (κ1) is 16.8. The van der Waals surface area contributed by atoms with Gasteiger partial charge in [-0.1, -0.05) is 20.3 Å². The van der Waals surface area contributed by atoms with Gasteiger partial charge in [0.05, 0.1) is 19.1 Å². The third-order valence-electron chi connectivity index (χ3n) is 5.16. The summed E-state index contributed by atoms with van der Waals surface area (Å²) in [5, 5.41) is 0. The molecule has 0 aromatic rings. The number of hydrogen-bond donors (Lipinski definition) is 0. The van der Waals surface area contributed by atoms with Crippen molar-refractivity contribution in [3.8, 4) is 0 Å². The fraction of sp³-hybridized carbons (Fsp3) is 0.941. The summed E-state index contributed by atoms with van der Waals surface area (Å²) < 4.78 is 11.1. The van der Waals surface area contributed by atoms with E-state index in [0.29, 0.717) is 30.9 Å². The van der Waals surface area contributed by atoms with Gasteiger partial charge in [-0.2, -0.15) is 0 Å². The molecule has 1 saturated heterocycles. The summed E-state index contributed by atoms with van der Waals surface area (Å²) in [5.41, 5.74) is 0. The van der Waals surface area contributed by atoms with E-state index < -0.39 is 0 Å². The Balaban J connectivity index is 1.73. The largest absolute Gasteiger partial charge is 0.381 e. The van der Waals surface area contributed by atoms with Crippen LogP contribution in [-0.2, 0) is 14.3 Å². The van der Waals surface area contributed by atoms with Crippen molar-refractivity contribution in [2.45, 2.75) is 64.5 Å². The van der Waals surface area contributed by atoms with E-state index in [9.17, 15) is 4.79 Å². The predicted molar refractivity (Wildman–Crippen MR) is 83.1 cm³/mol. The zero-order chi connectivity index (χ0) is 15.2. The number of ether oxygens (including phenoxy) is 2. The van der Waals surface area contributed by atoms with Gasteiger partial charge in [0, 0.05) is 26.3 Å². The predicted octanol–water partition coefficient (Wildman–Crippen LogP) is 2.86. The summed E-state index contributed by atoms with van der Waals surface area (Å²) in [6, 6.07) is 0.398. The molecule has 0 aromatic heterocycles. The lowest BCUT2D eigenvalue weighted by atomic mass is 9.78. The SMILES string of the molecule is C[C@@H]1CCC[C@@H](C)C1N(C)C(=O)CCOC1CCOCC1. The quantitative estimate of drug-likeness (QED) is 0.783. The molecule has 2 aliphatic rings. The molecular formula is C17H31NO3. The highest BCUT2D eigenvalue weighted by Gasteiger charge is 2.32. The fourth-order valence-electron chi connectivity index (χ4n) is 3.93. The first-order valence-electron chi connectivity index (χ1n) is 8.54. The number of carbonyl (C=O) groups is 1. The molecule has 1 saturated carbocycles. The van der Waals surface area contributed by atoms with Crippen molar-refractivity contribution in [3.63, 3.8) is 0 Å². The normalized spacial score (nSPS) is 28.5. The molecule has 1 amide bonds. The van der Waals surface area contributed by atoms with E-state index in [-0.39, 0.29) is 12.0 Å². The third-order valence-corrected chi connectivity index (χ3v) is 5.16.